The molecule has 0 spiro atoms. The predicted molar refractivity (Wildman–Crippen MR) is 95.4 cm³/mol. The third kappa shape index (κ3) is 3.58. The van der Waals surface area contributed by atoms with E-state index in [-0.39, 0.29) is 18.6 Å². The van der Waals surface area contributed by atoms with E-state index in [9.17, 15) is 14.0 Å². The highest BCUT2D eigenvalue weighted by atomic mass is 19.1. The average molecular weight is 370 g/mol. The lowest BCUT2D eigenvalue weighted by molar-refractivity contribution is 0.0718. The van der Waals surface area contributed by atoms with Gasteiger partial charge in [0.25, 0.3) is 11.8 Å². The van der Waals surface area contributed by atoms with Crippen LogP contribution >= 0.6 is 0 Å². The predicted octanol–water partition coefficient (Wildman–Crippen LogP) is 2.54. The van der Waals surface area contributed by atoms with Gasteiger partial charge in [0.2, 0.25) is 6.79 Å². The summed E-state index contributed by atoms with van der Waals surface area (Å²) in [7, 11) is 0. The molecule has 0 saturated carbocycles. The van der Waals surface area contributed by atoms with E-state index in [0.29, 0.717) is 55.2 Å². The standard InChI is InChI=1S/C20H19FN2O4/c21-16-4-1-3-14(11-16)19(24)22-7-2-8-23(10-9-22)20(25)15-5-6-17-18(12-15)27-13-26-17/h1,3-6,11-12H,2,7-10,13H2. The van der Waals surface area contributed by atoms with Crippen molar-refractivity contribution >= 4 is 11.8 Å². The van der Waals surface area contributed by atoms with E-state index in [4.69, 9.17) is 9.47 Å². The van der Waals surface area contributed by atoms with Crippen molar-refractivity contribution in [1.29, 1.82) is 0 Å². The van der Waals surface area contributed by atoms with Gasteiger partial charge in [0.15, 0.2) is 11.5 Å². The molecule has 2 amide bonds. The highest BCUT2D eigenvalue weighted by Crippen LogP contribution is 2.32. The molecule has 0 atom stereocenters. The van der Waals surface area contributed by atoms with E-state index in [1.165, 1.54) is 18.2 Å². The van der Waals surface area contributed by atoms with Crippen LogP contribution in [0, 0.1) is 5.82 Å². The van der Waals surface area contributed by atoms with Crippen LogP contribution in [0.2, 0.25) is 0 Å². The van der Waals surface area contributed by atoms with Gasteiger partial charge in [-0.3, -0.25) is 9.59 Å². The molecule has 2 heterocycles. The number of halogens is 1. The molecule has 0 unspecified atom stereocenters. The number of ether oxygens (including phenoxy) is 2. The van der Waals surface area contributed by atoms with Gasteiger partial charge in [-0.15, -0.1) is 0 Å². The van der Waals surface area contributed by atoms with Crippen LogP contribution in [0.25, 0.3) is 0 Å². The van der Waals surface area contributed by atoms with Crippen LogP contribution in [0.4, 0.5) is 4.39 Å². The molecule has 2 aromatic carbocycles. The van der Waals surface area contributed by atoms with Crippen LogP contribution < -0.4 is 9.47 Å². The zero-order valence-electron chi connectivity index (χ0n) is 14.7. The van der Waals surface area contributed by atoms with Crippen molar-refractivity contribution in [1.82, 2.24) is 9.80 Å². The molecule has 2 aromatic rings. The van der Waals surface area contributed by atoms with Crippen molar-refractivity contribution in [2.24, 2.45) is 0 Å². The van der Waals surface area contributed by atoms with Crippen LogP contribution in [0.5, 0.6) is 11.5 Å². The number of hydrogen-bond acceptors (Lipinski definition) is 4. The monoisotopic (exact) mass is 370 g/mol. The fourth-order valence-electron chi connectivity index (χ4n) is 3.34. The van der Waals surface area contributed by atoms with Crippen molar-refractivity contribution in [2.45, 2.75) is 6.42 Å². The van der Waals surface area contributed by atoms with Crippen molar-refractivity contribution in [3.63, 3.8) is 0 Å². The second-order valence-electron chi connectivity index (χ2n) is 6.52. The molecule has 1 fully saturated rings. The lowest BCUT2D eigenvalue weighted by Gasteiger charge is -2.22. The second-order valence-corrected chi connectivity index (χ2v) is 6.52. The maximum Gasteiger partial charge on any atom is 0.254 e. The highest BCUT2D eigenvalue weighted by Gasteiger charge is 2.25. The van der Waals surface area contributed by atoms with Crippen molar-refractivity contribution in [2.75, 3.05) is 33.0 Å². The molecule has 1 saturated heterocycles. The fraction of sp³-hybridized carbons (Fsp3) is 0.300. The van der Waals surface area contributed by atoms with Crippen molar-refractivity contribution in [3.05, 3.63) is 59.4 Å². The van der Waals surface area contributed by atoms with E-state index < -0.39 is 5.82 Å². The van der Waals surface area contributed by atoms with E-state index in [2.05, 4.69) is 0 Å². The number of nitrogens with zero attached hydrogens (tertiary/aromatic N) is 2. The first-order chi connectivity index (χ1) is 13.1. The first kappa shape index (κ1) is 17.3. The lowest BCUT2D eigenvalue weighted by atomic mass is 10.1. The van der Waals surface area contributed by atoms with E-state index in [1.807, 2.05) is 0 Å². The molecule has 140 valence electrons. The Hall–Kier alpha value is -3.09. The Balaban J connectivity index is 1.44. The van der Waals surface area contributed by atoms with Gasteiger partial charge < -0.3 is 19.3 Å². The van der Waals surface area contributed by atoms with Gasteiger partial charge in [0, 0.05) is 37.3 Å². The Kier molecular flexibility index (Phi) is 4.66. The number of rotatable bonds is 2. The average Bonchev–Trinajstić information content (AvgIpc) is 3.01. The summed E-state index contributed by atoms with van der Waals surface area (Å²) in [4.78, 5) is 28.8. The summed E-state index contributed by atoms with van der Waals surface area (Å²) in [5.74, 6) is 0.448. The first-order valence-electron chi connectivity index (χ1n) is 8.85. The van der Waals surface area contributed by atoms with E-state index in [0.717, 1.165) is 0 Å². The Morgan fingerprint density at radius 1 is 0.815 bits per heavy atom. The molecule has 0 aliphatic carbocycles. The Morgan fingerprint density at radius 2 is 1.48 bits per heavy atom. The second kappa shape index (κ2) is 7.26. The van der Waals surface area contributed by atoms with Gasteiger partial charge in [-0.2, -0.15) is 0 Å². The van der Waals surface area contributed by atoms with Crippen LogP contribution in [0.3, 0.4) is 0 Å². The SMILES string of the molecule is O=C(c1cccc(F)c1)N1CCCN(C(=O)c2ccc3c(c2)OCO3)CC1. The summed E-state index contributed by atoms with van der Waals surface area (Å²) in [5.41, 5.74) is 0.856. The van der Waals surface area contributed by atoms with E-state index in [1.54, 1.807) is 34.1 Å². The van der Waals surface area contributed by atoms with Crippen molar-refractivity contribution in [3.8, 4) is 11.5 Å². The lowest BCUT2D eigenvalue weighted by Crippen LogP contribution is -2.37. The summed E-state index contributed by atoms with van der Waals surface area (Å²) in [6.45, 7) is 2.08. The smallest absolute Gasteiger partial charge is 0.254 e. The summed E-state index contributed by atoms with van der Waals surface area (Å²) in [6.07, 6.45) is 0.664. The minimum Gasteiger partial charge on any atom is -0.454 e. The topological polar surface area (TPSA) is 59.1 Å². The van der Waals surface area contributed by atoms with Gasteiger partial charge in [0.1, 0.15) is 5.82 Å². The molecule has 27 heavy (non-hydrogen) atoms. The third-order valence-corrected chi connectivity index (χ3v) is 4.76. The van der Waals surface area contributed by atoms with Gasteiger partial charge in [-0.05, 0) is 42.8 Å². The molecule has 7 heteroatoms. The van der Waals surface area contributed by atoms with E-state index >= 15 is 0 Å². The normalized spacial score (nSPS) is 16.2. The third-order valence-electron chi connectivity index (χ3n) is 4.76. The molecular formula is C20H19FN2O4. The van der Waals surface area contributed by atoms with Gasteiger partial charge in [-0.1, -0.05) is 6.07 Å². The van der Waals surface area contributed by atoms with Gasteiger partial charge >= 0.3 is 0 Å². The molecule has 2 aliphatic rings. The number of carbonyl (C=O) groups is 2. The molecular weight excluding hydrogens is 351 g/mol. The first-order valence-corrected chi connectivity index (χ1v) is 8.85. The van der Waals surface area contributed by atoms with Crippen LogP contribution in [-0.2, 0) is 0 Å². The van der Waals surface area contributed by atoms with Crippen molar-refractivity contribution < 1.29 is 23.5 Å². The van der Waals surface area contributed by atoms with Crippen LogP contribution in [-0.4, -0.2) is 54.6 Å². The molecule has 0 bridgehead atoms. The minimum absolute atomic E-state index is 0.103. The number of hydrogen-bond donors (Lipinski definition) is 0. The van der Waals surface area contributed by atoms with Gasteiger partial charge in [0.05, 0.1) is 0 Å². The summed E-state index contributed by atoms with van der Waals surface area (Å²) in [5, 5.41) is 0. The molecule has 6 nitrogen and oxygen atoms in total. The summed E-state index contributed by atoms with van der Waals surface area (Å²) in [6, 6.07) is 10.8. The number of fused-ring (bicyclic) bond motifs is 1. The molecule has 0 radical (unpaired) electrons. The fourth-order valence-corrected chi connectivity index (χ4v) is 3.34. The summed E-state index contributed by atoms with van der Waals surface area (Å²) >= 11 is 0. The van der Waals surface area contributed by atoms with Crippen LogP contribution in [0.15, 0.2) is 42.5 Å². The Labute approximate surface area is 156 Å². The molecule has 2 aliphatic heterocycles. The highest BCUT2D eigenvalue weighted by molar-refractivity contribution is 5.96. The maximum atomic E-state index is 13.4. The molecule has 4 rings (SSSR count). The Bertz CT molecular complexity index is 886. The quantitative estimate of drug-likeness (QED) is 0.815. The molecule has 0 N–H and O–H groups in total. The minimum atomic E-state index is -0.435. The zero-order chi connectivity index (χ0) is 18.8. The van der Waals surface area contributed by atoms with Crippen LogP contribution in [0.1, 0.15) is 27.1 Å². The number of amides is 2. The maximum absolute atomic E-state index is 13.4. The largest absolute Gasteiger partial charge is 0.454 e. The van der Waals surface area contributed by atoms with Gasteiger partial charge in [-0.25, -0.2) is 4.39 Å². The number of benzene rings is 2. The number of carbonyl (C=O) groups excluding carboxylic acids is 2. The Morgan fingerprint density at radius 3 is 2.19 bits per heavy atom. The summed E-state index contributed by atoms with van der Waals surface area (Å²) < 4.78 is 24.0. The molecule has 0 aromatic heterocycles. The zero-order valence-corrected chi connectivity index (χ0v) is 14.7.